The van der Waals surface area contributed by atoms with E-state index in [2.05, 4.69) is 17.6 Å². The molecule has 0 aliphatic heterocycles. The lowest BCUT2D eigenvalue weighted by atomic mass is 10.3. The molecule has 4 heteroatoms. The van der Waals surface area contributed by atoms with E-state index in [-0.39, 0.29) is 6.01 Å². The third kappa shape index (κ3) is 1.05. The van der Waals surface area contributed by atoms with Crippen LogP contribution in [0.15, 0.2) is 27.5 Å². The maximum Gasteiger partial charge on any atom is 0.292 e. The Bertz CT molecular complexity index is 396. The number of hydrogen-bond acceptors (Lipinski definition) is 4. The van der Waals surface area contributed by atoms with Crippen molar-refractivity contribution in [3.05, 3.63) is 18.2 Å². The molecule has 0 spiro atoms. The fourth-order valence-electron chi connectivity index (χ4n) is 0.934. The van der Waals surface area contributed by atoms with Gasteiger partial charge in [-0.25, -0.2) is 0 Å². The normalized spacial score (nSPS) is 10.6. The number of benzene rings is 1. The zero-order chi connectivity index (χ0) is 7.84. The number of hydrogen-bond donors (Lipinski definition) is 2. The monoisotopic (exact) mass is 166 g/mol. The van der Waals surface area contributed by atoms with E-state index in [1.54, 1.807) is 12.1 Å². The average molecular weight is 166 g/mol. The molecule has 2 aromatic rings. The molecule has 0 aliphatic rings. The summed E-state index contributed by atoms with van der Waals surface area (Å²) in [6.07, 6.45) is 0. The lowest BCUT2D eigenvalue weighted by molar-refractivity contribution is 0.626. The molecule has 0 unspecified atom stereocenters. The Morgan fingerprint density at radius 1 is 1.45 bits per heavy atom. The van der Waals surface area contributed by atoms with Gasteiger partial charge in [-0.1, -0.05) is 0 Å². The maximum absolute atomic E-state index is 5.34. The second-order valence-electron chi connectivity index (χ2n) is 2.20. The van der Waals surface area contributed by atoms with E-state index >= 15 is 0 Å². The second-order valence-corrected chi connectivity index (χ2v) is 2.72. The Morgan fingerprint density at radius 2 is 2.27 bits per heavy atom. The van der Waals surface area contributed by atoms with Crippen LogP contribution in [0.5, 0.6) is 0 Å². The Labute approximate surface area is 68.6 Å². The molecule has 0 bridgehead atoms. The van der Waals surface area contributed by atoms with Crippen molar-refractivity contribution < 1.29 is 4.42 Å². The van der Waals surface area contributed by atoms with Crippen molar-refractivity contribution >= 4 is 29.7 Å². The Balaban J connectivity index is 2.82. The summed E-state index contributed by atoms with van der Waals surface area (Å²) in [5.74, 6) is 0. The molecule has 11 heavy (non-hydrogen) atoms. The number of aromatic nitrogens is 1. The summed E-state index contributed by atoms with van der Waals surface area (Å²) in [6, 6.07) is 5.62. The van der Waals surface area contributed by atoms with Crippen LogP contribution in [0.3, 0.4) is 0 Å². The predicted molar refractivity (Wildman–Crippen MR) is 45.7 cm³/mol. The SMILES string of the molecule is Nc1nc2cc(S)ccc2o1. The lowest BCUT2D eigenvalue weighted by Gasteiger charge is -1.86. The number of nitrogens with two attached hydrogens (primary N) is 1. The summed E-state index contributed by atoms with van der Waals surface area (Å²) in [5, 5.41) is 0. The van der Waals surface area contributed by atoms with Crippen LogP contribution in [0.4, 0.5) is 6.01 Å². The third-order valence-electron chi connectivity index (χ3n) is 1.39. The van der Waals surface area contributed by atoms with E-state index in [0.29, 0.717) is 5.58 Å². The van der Waals surface area contributed by atoms with Crippen molar-refractivity contribution in [2.75, 3.05) is 5.73 Å². The second kappa shape index (κ2) is 2.17. The van der Waals surface area contributed by atoms with E-state index in [9.17, 15) is 0 Å². The first-order valence-electron chi connectivity index (χ1n) is 3.11. The average Bonchev–Trinajstić information content (AvgIpc) is 2.27. The molecular weight excluding hydrogens is 160 g/mol. The first-order chi connectivity index (χ1) is 5.25. The van der Waals surface area contributed by atoms with E-state index in [1.807, 2.05) is 6.07 Å². The largest absolute Gasteiger partial charge is 0.424 e. The van der Waals surface area contributed by atoms with Gasteiger partial charge in [0.1, 0.15) is 5.52 Å². The van der Waals surface area contributed by atoms with Crippen LogP contribution < -0.4 is 5.73 Å². The van der Waals surface area contributed by atoms with Gasteiger partial charge in [-0.2, -0.15) is 4.98 Å². The van der Waals surface area contributed by atoms with Gasteiger partial charge in [0, 0.05) is 4.90 Å². The van der Waals surface area contributed by atoms with Crippen LogP contribution in [0.25, 0.3) is 11.1 Å². The van der Waals surface area contributed by atoms with E-state index in [1.165, 1.54) is 0 Å². The number of rotatable bonds is 0. The van der Waals surface area contributed by atoms with Crippen molar-refractivity contribution in [2.45, 2.75) is 4.90 Å². The first kappa shape index (κ1) is 6.54. The van der Waals surface area contributed by atoms with Crippen LogP contribution in [0.2, 0.25) is 0 Å². The minimum atomic E-state index is 0.193. The van der Waals surface area contributed by atoms with Gasteiger partial charge >= 0.3 is 0 Å². The Morgan fingerprint density at radius 3 is 3.09 bits per heavy atom. The standard InChI is InChI=1S/C7H6N2OS/c8-7-9-5-3-4(11)1-2-6(5)10-7/h1-3,11H,(H2,8,9). The summed E-state index contributed by atoms with van der Waals surface area (Å²) < 4.78 is 5.06. The Hall–Kier alpha value is -1.16. The zero-order valence-electron chi connectivity index (χ0n) is 5.61. The van der Waals surface area contributed by atoms with Crippen LogP contribution in [0, 0.1) is 0 Å². The number of oxazole rings is 1. The van der Waals surface area contributed by atoms with Crippen molar-refractivity contribution in [3.8, 4) is 0 Å². The van der Waals surface area contributed by atoms with E-state index in [4.69, 9.17) is 10.2 Å². The predicted octanol–water partition coefficient (Wildman–Crippen LogP) is 1.70. The minimum Gasteiger partial charge on any atom is -0.424 e. The number of fused-ring (bicyclic) bond motifs is 1. The molecule has 0 saturated carbocycles. The molecule has 56 valence electrons. The zero-order valence-corrected chi connectivity index (χ0v) is 6.51. The molecule has 0 radical (unpaired) electrons. The van der Waals surface area contributed by atoms with Crippen LogP contribution in [-0.4, -0.2) is 4.98 Å². The molecule has 0 fully saturated rings. The lowest BCUT2D eigenvalue weighted by Crippen LogP contribution is -1.80. The highest BCUT2D eigenvalue weighted by molar-refractivity contribution is 7.80. The highest BCUT2D eigenvalue weighted by atomic mass is 32.1. The fourth-order valence-corrected chi connectivity index (χ4v) is 1.13. The topological polar surface area (TPSA) is 52.0 Å². The first-order valence-corrected chi connectivity index (χ1v) is 3.55. The van der Waals surface area contributed by atoms with E-state index < -0.39 is 0 Å². The highest BCUT2D eigenvalue weighted by Crippen LogP contribution is 2.19. The molecule has 1 aromatic heterocycles. The molecule has 0 atom stereocenters. The quantitative estimate of drug-likeness (QED) is 0.585. The Kier molecular flexibility index (Phi) is 1.29. The number of nitrogens with zero attached hydrogens (tertiary/aromatic N) is 1. The highest BCUT2D eigenvalue weighted by Gasteiger charge is 2.00. The molecule has 1 aromatic carbocycles. The van der Waals surface area contributed by atoms with Gasteiger partial charge in [-0.05, 0) is 18.2 Å². The van der Waals surface area contributed by atoms with Crippen LogP contribution in [-0.2, 0) is 0 Å². The van der Waals surface area contributed by atoms with Gasteiger partial charge < -0.3 is 10.2 Å². The summed E-state index contributed by atoms with van der Waals surface area (Å²) in [4.78, 5) is 4.79. The van der Waals surface area contributed by atoms with Crippen molar-refractivity contribution in [1.82, 2.24) is 4.98 Å². The number of thiol groups is 1. The number of nitrogen functional groups attached to an aromatic ring is 1. The fraction of sp³-hybridized carbons (Fsp3) is 0. The maximum atomic E-state index is 5.34. The molecule has 2 rings (SSSR count). The third-order valence-corrected chi connectivity index (χ3v) is 1.67. The molecular formula is C7H6N2OS. The van der Waals surface area contributed by atoms with Crippen LogP contribution >= 0.6 is 12.6 Å². The van der Waals surface area contributed by atoms with Gasteiger partial charge in [0.25, 0.3) is 6.01 Å². The van der Waals surface area contributed by atoms with Gasteiger partial charge in [-0.3, -0.25) is 0 Å². The van der Waals surface area contributed by atoms with Gasteiger partial charge in [0.05, 0.1) is 0 Å². The molecule has 0 amide bonds. The summed E-state index contributed by atoms with van der Waals surface area (Å²) in [7, 11) is 0. The summed E-state index contributed by atoms with van der Waals surface area (Å²) in [6.45, 7) is 0. The molecule has 2 N–H and O–H groups in total. The number of anilines is 1. The molecule has 3 nitrogen and oxygen atoms in total. The minimum absolute atomic E-state index is 0.193. The van der Waals surface area contributed by atoms with Gasteiger partial charge in [-0.15, -0.1) is 12.6 Å². The summed E-state index contributed by atoms with van der Waals surface area (Å²) >= 11 is 4.15. The van der Waals surface area contributed by atoms with Crippen molar-refractivity contribution in [2.24, 2.45) is 0 Å². The molecule has 1 heterocycles. The van der Waals surface area contributed by atoms with Gasteiger partial charge in [0.15, 0.2) is 5.58 Å². The smallest absolute Gasteiger partial charge is 0.292 e. The summed E-state index contributed by atoms with van der Waals surface area (Å²) in [5.41, 5.74) is 6.78. The van der Waals surface area contributed by atoms with Crippen LogP contribution in [0.1, 0.15) is 0 Å². The molecule has 0 saturated heterocycles. The van der Waals surface area contributed by atoms with Crippen molar-refractivity contribution in [1.29, 1.82) is 0 Å². The van der Waals surface area contributed by atoms with Gasteiger partial charge in [0.2, 0.25) is 0 Å². The van der Waals surface area contributed by atoms with Crippen molar-refractivity contribution in [3.63, 3.8) is 0 Å². The molecule has 0 aliphatic carbocycles. The van der Waals surface area contributed by atoms with E-state index in [0.717, 1.165) is 10.4 Å².